The molecule has 2 aromatic rings. The third-order valence-corrected chi connectivity index (χ3v) is 6.47. The van der Waals surface area contributed by atoms with Crippen molar-refractivity contribution < 1.29 is 14.0 Å². The molecule has 0 bridgehead atoms. The summed E-state index contributed by atoms with van der Waals surface area (Å²) in [5.41, 5.74) is 2.69. The number of likely N-dealkylation sites (tertiary alicyclic amines) is 1. The van der Waals surface area contributed by atoms with Crippen LogP contribution in [0.15, 0.2) is 48.5 Å². The minimum Gasteiger partial charge on any atom is -0.342 e. The lowest BCUT2D eigenvalue weighted by atomic mass is 9.88. The van der Waals surface area contributed by atoms with Crippen molar-refractivity contribution in [2.24, 2.45) is 17.8 Å². The Balaban J connectivity index is 1.30. The van der Waals surface area contributed by atoms with Gasteiger partial charge in [0.15, 0.2) is 5.78 Å². The van der Waals surface area contributed by atoms with E-state index in [9.17, 15) is 14.0 Å². The summed E-state index contributed by atoms with van der Waals surface area (Å²) >= 11 is 0. The Hall–Kier alpha value is -2.49. The molecular formula is C26H30FNO2. The number of amides is 1. The molecule has 0 spiro atoms. The molecule has 4 rings (SSSR count). The summed E-state index contributed by atoms with van der Waals surface area (Å²) in [5, 5.41) is 0. The minimum atomic E-state index is -0.221. The highest BCUT2D eigenvalue weighted by atomic mass is 19.1. The van der Waals surface area contributed by atoms with Gasteiger partial charge in [0.2, 0.25) is 5.91 Å². The first-order valence-corrected chi connectivity index (χ1v) is 11.1. The number of piperidine rings is 1. The molecule has 0 radical (unpaired) electrons. The second kappa shape index (κ2) is 8.71. The van der Waals surface area contributed by atoms with E-state index >= 15 is 0 Å². The number of Topliss-reactive ketones (excluding diaryl/α,β-unsaturated/α-hetero) is 1. The third-order valence-electron chi connectivity index (χ3n) is 6.47. The van der Waals surface area contributed by atoms with E-state index < -0.39 is 0 Å². The van der Waals surface area contributed by atoms with Gasteiger partial charge in [-0.15, -0.1) is 0 Å². The first-order valence-electron chi connectivity index (χ1n) is 11.1. The molecule has 0 N–H and O–H groups in total. The lowest BCUT2D eigenvalue weighted by molar-refractivity contribution is -0.133. The molecule has 3 nitrogen and oxygen atoms in total. The van der Waals surface area contributed by atoms with Crippen molar-refractivity contribution in [3.8, 4) is 0 Å². The monoisotopic (exact) mass is 407 g/mol. The lowest BCUT2D eigenvalue weighted by Gasteiger charge is -2.31. The summed E-state index contributed by atoms with van der Waals surface area (Å²) in [7, 11) is 0. The SMILES string of the molecule is CC(C)Cc1ccc(C(=O)C2CCN(C(=O)C3CC3c3ccccc3F)CC2)cc1. The van der Waals surface area contributed by atoms with Crippen LogP contribution < -0.4 is 0 Å². The molecule has 158 valence electrons. The van der Waals surface area contributed by atoms with Crippen LogP contribution in [0.3, 0.4) is 0 Å². The Morgan fingerprint density at radius 3 is 2.33 bits per heavy atom. The van der Waals surface area contributed by atoms with E-state index in [0.717, 1.165) is 18.4 Å². The zero-order valence-corrected chi connectivity index (χ0v) is 17.8. The molecule has 1 aliphatic carbocycles. The molecule has 1 heterocycles. The number of carbonyl (C=O) groups is 2. The second-order valence-electron chi connectivity index (χ2n) is 9.23. The molecule has 1 saturated carbocycles. The fraction of sp³-hybridized carbons (Fsp3) is 0.462. The number of hydrogen-bond donors (Lipinski definition) is 0. The Morgan fingerprint density at radius 2 is 1.70 bits per heavy atom. The van der Waals surface area contributed by atoms with Crippen LogP contribution >= 0.6 is 0 Å². The number of hydrogen-bond acceptors (Lipinski definition) is 2. The number of benzene rings is 2. The van der Waals surface area contributed by atoms with Gasteiger partial charge in [-0.25, -0.2) is 4.39 Å². The van der Waals surface area contributed by atoms with E-state index in [1.807, 2.05) is 23.1 Å². The van der Waals surface area contributed by atoms with Crippen LogP contribution in [0.5, 0.6) is 0 Å². The van der Waals surface area contributed by atoms with Crippen molar-refractivity contribution in [3.63, 3.8) is 0 Å². The van der Waals surface area contributed by atoms with Gasteiger partial charge >= 0.3 is 0 Å². The topological polar surface area (TPSA) is 37.4 Å². The van der Waals surface area contributed by atoms with Gasteiger partial charge in [0.25, 0.3) is 0 Å². The lowest BCUT2D eigenvalue weighted by Crippen LogP contribution is -2.41. The molecule has 1 amide bonds. The molecule has 2 atom stereocenters. The predicted molar refractivity (Wildman–Crippen MR) is 116 cm³/mol. The number of carbonyl (C=O) groups excluding carboxylic acids is 2. The van der Waals surface area contributed by atoms with Gasteiger partial charge in [0.1, 0.15) is 5.82 Å². The van der Waals surface area contributed by atoms with Crippen molar-refractivity contribution >= 4 is 11.7 Å². The van der Waals surface area contributed by atoms with E-state index in [1.165, 1.54) is 11.6 Å². The average molecular weight is 408 g/mol. The second-order valence-corrected chi connectivity index (χ2v) is 9.23. The maximum atomic E-state index is 14.0. The fourth-order valence-electron chi connectivity index (χ4n) is 4.70. The Kier molecular flexibility index (Phi) is 6.03. The maximum absolute atomic E-state index is 14.0. The third kappa shape index (κ3) is 4.48. The van der Waals surface area contributed by atoms with E-state index in [0.29, 0.717) is 37.4 Å². The molecule has 30 heavy (non-hydrogen) atoms. The van der Waals surface area contributed by atoms with Crippen LogP contribution in [-0.4, -0.2) is 29.7 Å². The zero-order chi connectivity index (χ0) is 21.3. The maximum Gasteiger partial charge on any atom is 0.226 e. The van der Waals surface area contributed by atoms with Crippen LogP contribution in [0.2, 0.25) is 0 Å². The zero-order valence-electron chi connectivity index (χ0n) is 17.8. The molecule has 4 heteroatoms. The first kappa shape index (κ1) is 20.8. The molecule has 1 aliphatic heterocycles. The van der Waals surface area contributed by atoms with Crippen LogP contribution in [0.1, 0.15) is 60.5 Å². The summed E-state index contributed by atoms with van der Waals surface area (Å²) in [5.74, 6) is 0.553. The van der Waals surface area contributed by atoms with Gasteiger partial charge in [-0.05, 0) is 54.7 Å². The predicted octanol–water partition coefficient (Wildman–Crippen LogP) is 5.25. The van der Waals surface area contributed by atoms with Crippen molar-refractivity contribution in [1.82, 2.24) is 4.90 Å². The molecule has 1 saturated heterocycles. The van der Waals surface area contributed by atoms with Gasteiger partial charge in [0, 0.05) is 30.5 Å². The van der Waals surface area contributed by atoms with E-state index in [2.05, 4.69) is 26.0 Å². The Bertz CT molecular complexity index is 913. The molecule has 2 unspecified atom stereocenters. The van der Waals surface area contributed by atoms with Crippen molar-refractivity contribution in [2.45, 2.75) is 45.4 Å². The Labute approximate surface area is 178 Å². The quantitative estimate of drug-likeness (QED) is 0.614. The Morgan fingerprint density at radius 1 is 1.03 bits per heavy atom. The highest BCUT2D eigenvalue weighted by Gasteiger charge is 2.47. The molecule has 0 aromatic heterocycles. The first-order chi connectivity index (χ1) is 14.4. The largest absolute Gasteiger partial charge is 0.342 e. The van der Waals surface area contributed by atoms with Crippen molar-refractivity contribution in [2.75, 3.05) is 13.1 Å². The molecule has 2 aromatic carbocycles. The van der Waals surface area contributed by atoms with Gasteiger partial charge in [-0.1, -0.05) is 56.3 Å². The molecule has 2 fully saturated rings. The summed E-state index contributed by atoms with van der Waals surface area (Å²) in [6.07, 6.45) is 3.15. The standard InChI is InChI=1S/C26H30FNO2/c1-17(2)15-18-7-9-19(10-8-18)25(29)20-11-13-28(14-12-20)26(30)23-16-22(23)21-5-3-4-6-24(21)27/h3-10,17,20,22-23H,11-16H2,1-2H3. The highest BCUT2D eigenvalue weighted by molar-refractivity contribution is 5.98. The van der Waals surface area contributed by atoms with Crippen LogP contribution in [0.25, 0.3) is 0 Å². The van der Waals surface area contributed by atoms with Gasteiger partial charge in [-0.3, -0.25) is 9.59 Å². The molecule has 2 aliphatic rings. The summed E-state index contributed by atoms with van der Waals surface area (Å²) in [6.45, 7) is 5.60. The van der Waals surface area contributed by atoms with E-state index in [-0.39, 0.29) is 35.3 Å². The smallest absolute Gasteiger partial charge is 0.226 e. The number of rotatable bonds is 6. The van der Waals surface area contributed by atoms with Crippen LogP contribution in [0, 0.1) is 23.6 Å². The van der Waals surface area contributed by atoms with E-state index in [4.69, 9.17) is 0 Å². The highest BCUT2D eigenvalue weighted by Crippen LogP contribution is 2.49. The van der Waals surface area contributed by atoms with Crippen molar-refractivity contribution in [3.05, 3.63) is 71.0 Å². The summed E-state index contributed by atoms with van der Waals surface area (Å²) in [4.78, 5) is 27.6. The normalized spacial score (nSPS) is 21.7. The van der Waals surface area contributed by atoms with Crippen LogP contribution in [0.4, 0.5) is 4.39 Å². The van der Waals surface area contributed by atoms with E-state index in [1.54, 1.807) is 12.1 Å². The summed E-state index contributed by atoms with van der Waals surface area (Å²) in [6, 6.07) is 14.7. The van der Waals surface area contributed by atoms with Gasteiger partial charge in [-0.2, -0.15) is 0 Å². The number of nitrogens with zero attached hydrogens (tertiary/aromatic N) is 1. The van der Waals surface area contributed by atoms with Crippen molar-refractivity contribution in [1.29, 1.82) is 0 Å². The fourth-order valence-corrected chi connectivity index (χ4v) is 4.70. The molecular weight excluding hydrogens is 377 g/mol. The average Bonchev–Trinajstić information content (AvgIpc) is 3.54. The van der Waals surface area contributed by atoms with Crippen LogP contribution in [-0.2, 0) is 11.2 Å². The number of ketones is 1. The summed E-state index contributed by atoms with van der Waals surface area (Å²) < 4.78 is 14.0. The van der Waals surface area contributed by atoms with Gasteiger partial charge < -0.3 is 4.90 Å². The minimum absolute atomic E-state index is 0.00223. The number of halogens is 1. The van der Waals surface area contributed by atoms with Gasteiger partial charge in [0.05, 0.1) is 0 Å².